The van der Waals surface area contributed by atoms with Gasteiger partial charge in [-0.05, 0) is 20.8 Å². The number of anilines is 2. The number of ether oxygens (including phenoxy) is 2. The smallest absolute Gasteiger partial charge is 0.323 e. The lowest BCUT2D eigenvalue weighted by Gasteiger charge is -2.35. The second-order valence-electron chi connectivity index (χ2n) is 4.59. The minimum absolute atomic E-state index is 0.161. The van der Waals surface area contributed by atoms with E-state index in [1.807, 2.05) is 20.8 Å². The predicted molar refractivity (Wildman–Crippen MR) is 72.8 cm³/mol. The molecule has 0 aliphatic carbocycles. The van der Waals surface area contributed by atoms with E-state index in [0.29, 0.717) is 24.5 Å². The largest absolute Gasteiger partial charge is 0.464 e. The van der Waals surface area contributed by atoms with Crippen LogP contribution in [-0.4, -0.2) is 53.9 Å². The Morgan fingerprint density at radius 1 is 1.26 bits per heavy atom. The molecule has 2 unspecified atom stereocenters. The fraction of sp³-hybridized carbons (Fsp3) is 0.750. The van der Waals surface area contributed by atoms with Gasteiger partial charge in [-0.3, -0.25) is 0 Å². The molecule has 1 saturated heterocycles. The number of hydrogen-bond acceptors (Lipinski definition) is 7. The van der Waals surface area contributed by atoms with Crippen molar-refractivity contribution in [2.45, 2.75) is 33.0 Å². The van der Waals surface area contributed by atoms with Crippen molar-refractivity contribution < 1.29 is 9.47 Å². The fourth-order valence-electron chi connectivity index (χ4n) is 2.13. The zero-order chi connectivity index (χ0) is 13.8. The monoisotopic (exact) mass is 267 g/mol. The predicted octanol–water partition coefficient (Wildman–Crippen LogP) is 0.926. The summed E-state index contributed by atoms with van der Waals surface area (Å²) in [5.41, 5.74) is 0. The molecule has 2 atom stereocenters. The lowest BCUT2D eigenvalue weighted by Crippen LogP contribution is -2.46. The quantitative estimate of drug-likeness (QED) is 0.869. The Morgan fingerprint density at radius 3 is 2.53 bits per heavy atom. The summed E-state index contributed by atoms with van der Waals surface area (Å²) >= 11 is 0. The van der Waals surface area contributed by atoms with Crippen molar-refractivity contribution in [3.63, 3.8) is 0 Å². The Labute approximate surface area is 113 Å². The number of aromatic nitrogens is 3. The highest BCUT2D eigenvalue weighted by molar-refractivity contribution is 5.38. The molecule has 0 saturated carbocycles. The van der Waals surface area contributed by atoms with Crippen LogP contribution in [0.2, 0.25) is 0 Å². The van der Waals surface area contributed by atoms with E-state index < -0.39 is 0 Å². The van der Waals surface area contributed by atoms with Gasteiger partial charge in [-0.15, -0.1) is 0 Å². The molecule has 1 fully saturated rings. The molecule has 0 amide bonds. The third-order valence-corrected chi connectivity index (χ3v) is 2.80. The minimum Gasteiger partial charge on any atom is -0.464 e. The van der Waals surface area contributed by atoms with Gasteiger partial charge in [0.1, 0.15) is 0 Å². The Balaban J connectivity index is 2.24. The van der Waals surface area contributed by atoms with Crippen LogP contribution in [0, 0.1) is 0 Å². The van der Waals surface area contributed by atoms with Gasteiger partial charge in [0.25, 0.3) is 0 Å². The molecular formula is C12H21N5O2. The molecule has 0 bridgehead atoms. The summed E-state index contributed by atoms with van der Waals surface area (Å²) in [5.74, 6) is 1.14. The first-order valence-electron chi connectivity index (χ1n) is 6.59. The zero-order valence-corrected chi connectivity index (χ0v) is 11.9. The molecule has 1 aliphatic rings. The molecule has 2 heterocycles. The third-order valence-electron chi connectivity index (χ3n) is 2.80. The maximum absolute atomic E-state index is 5.71. The van der Waals surface area contributed by atoms with Gasteiger partial charge in [-0.2, -0.15) is 15.0 Å². The van der Waals surface area contributed by atoms with Crippen LogP contribution in [-0.2, 0) is 4.74 Å². The maximum atomic E-state index is 5.71. The van der Waals surface area contributed by atoms with E-state index in [9.17, 15) is 0 Å². The lowest BCUT2D eigenvalue weighted by molar-refractivity contribution is -0.00577. The SMILES string of the molecule is CCOc1nc(NC)nc(N2CC(C)OC(C)C2)n1. The van der Waals surface area contributed by atoms with Gasteiger partial charge in [0, 0.05) is 20.1 Å². The normalized spacial score (nSPS) is 23.3. The molecule has 0 aromatic carbocycles. The van der Waals surface area contributed by atoms with Gasteiger partial charge in [0.15, 0.2) is 0 Å². The molecule has 0 spiro atoms. The Hall–Kier alpha value is -1.63. The summed E-state index contributed by atoms with van der Waals surface area (Å²) in [7, 11) is 1.78. The highest BCUT2D eigenvalue weighted by Gasteiger charge is 2.25. The number of nitrogens with one attached hydrogen (secondary N) is 1. The molecule has 1 aliphatic heterocycles. The summed E-state index contributed by atoms with van der Waals surface area (Å²) in [4.78, 5) is 15.0. The highest BCUT2D eigenvalue weighted by atomic mass is 16.5. The number of hydrogen-bond donors (Lipinski definition) is 1. The molecule has 106 valence electrons. The number of rotatable bonds is 4. The van der Waals surface area contributed by atoms with Gasteiger partial charge < -0.3 is 19.7 Å². The van der Waals surface area contributed by atoms with Crippen LogP contribution in [0.5, 0.6) is 6.01 Å². The Kier molecular flexibility index (Phi) is 4.36. The maximum Gasteiger partial charge on any atom is 0.323 e. The fourth-order valence-corrected chi connectivity index (χ4v) is 2.13. The van der Waals surface area contributed by atoms with Crippen molar-refractivity contribution in [3.8, 4) is 6.01 Å². The third kappa shape index (κ3) is 3.44. The van der Waals surface area contributed by atoms with Crippen LogP contribution in [0.15, 0.2) is 0 Å². The summed E-state index contributed by atoms with van der Waals surface area (Å²) in [6, 6.07) is 0.351. The van der Waals surface area contributed by atoms with Crippen molar-refractivity contribution >= 4 is 11.9 Å². The zero-order valence-electron chi connectivity index (χ0n) is 11.9. The highest BCUT2D eigenvalue weighted by Crippen LogP contribution is 2.19. The van der Waals surface area contributed by atoms with E-state index in [1.54, 1.807) is 7.05 Å². The Bertz CT molecular complexity index is 419. The topological polar surface area (TPSA) is 72.4 Å². The molecule has 19 heavy (non-hydrogen) atoms. The van der Waals surface area contributed by atoms with E-state index in [-0.39, 0.29) is 12.2 Å². The van der Waals surface area contributed by atoms with Gasteiger partial charge in [-0.25, -0.2) is 0 Å². The van der Waals surface area contributed by atoms with E-state index in [1.165, 1.54) is 0 Å². The lowest BCUT2D eigenvalue weighted by atomic mass is 10.2. The van der Waals surface area contributed by atoms with Crippen molar-refractivity contribution in [3.05, 3.63) is 0 Å². The molecule has 1 N–H and O–H groups in total. The molecule has 7 nitrogen and oxygen atoms in total. The van der Waals surface area contributed by atoms with Crippen LogP contribution in [0.25, 0.3) is 0 Å². The van der Waals surface area contributed by atoms with Crippen molar-refractivity contribution in [2.75, 3.05) is 37.0 Å². The van der Waals surface area contributed by atoms with E-state index in [0.717, 1.165) is 13.1 Å². The van der Waals surface area contributed by atoms with Gasteiger partial charge >= 0.3 is 6.01 Å². The van der Waals surface area contributed by atoms with E-state index in [4.69, 9.17) is 9.47 Å². The van der Waals surface area contributed by atoms with Crippen LogP contribution in [0.3, 0.4) is 0 Å². The van der Waals surface area contributed by atoms with Crippen molar-refractivity contribution in [1.29, 1.82) is 0 Å². The van der Waals surface area contributed by atoms with Gasteiger partial charge in [0.05, 0.1) is 18.8 Å². The average Bonchev–Trinajstić information content (AvgIpc) is 2.37. The number of morpholine rings is 1. The standard InChI is InChI=1S/C12H21N5O2/c1-5-18-12-15-10(13-4)14-11(16-12)17-6-8(2)19-9(3)7-17/h8-9H,5-7H2,1-4H3,(H,13,14,15,16). The molecule has 0 radical (unpaired) electrons. The molecule has 7 heteroatoms. The first kappa shape index (κ1) is 13.8. The summed E-state index contributed by atoms with van der Waals surface area (Å²) in [6.07, 6.45) is 0.322. The molecular weight excluding hydrogens is 246 g/mol. The van der Waals surface area contributed by atoms with Crippen LogP contribution in [0.4, 0.5) is 11.9 Å². The second kappa shape index (κ2) is 6.01. The second-order valence-corrected chi connectivity index (χ2v) is 4.59. The minimum atomic E-state index is 0.161. The number of nitrogens with zero attached hydrogens (tertiary/aromatic N) is 4. The molecule has 2 rings (SSSR count). The van der Waals surface area contributed by atoms with E-state index >= 15 is 0 Å². The van der Waals surface area contributed by atoms with E-state index in [2.05, 4.69) is 25.2 Å². The molecule has 1 aromatic heterocycles. The first-order valence-corrected chi connectivity index (χ1v) is 6.59. The van der Waals surface area contributed by atoms with Crippen LogP contribution in [0.1, 0.15) is 20.8 Å². The van der Waals surface area contributed by atoms with Crippen LogP contribution < -0.4 is 15.0 Å². The summed E-state index contributed by atoms with van der Waals surface area (Å²) < 4.78 is 11.1. The van der Waals surface area contributed by atoms with Gasteiger partial charge in [-0.1, -0.05) is 0 Å². The van der Waals surface area contributed by atoms with Crippen molar-refractivity contribution in [2.24, 2.45) is 0 Å². The molecule has 1 aromatic rings. The summed E-state index contributed by atoms with van der Waals surface area (Å²) in [5, 5.41) is 2.93. The van der Waals surface area contributed by atoms with Crippen molar-refractivity contribution in [1.82, 2.24) is 15.0 Å². The summed E-state index contributed by atoms with van der Waals surface area (Å²) in [6.45, 7) is 8.06. The first-order chi connectivity index (χ1) is 9.12. The average molecular weight is 267 g/mol. The van der Waals surface area contributed by atoms with Crippen LogP contribution >= 0.6 is 0 Å². The van der Waals surface area contributed by atoms with Gasteiger partial charge in [0.2, 0.25) is 11.9 Å². The Morgan fingerprint density at radius 2 is 1.95 bits per heavy atom.